The number of carbonyl (C=O) groups excluding carboxylic acids is 1. The molecule has 1 aliphatic carbocycles. The summed E-state index contributed by atoms with van der Waals surface area (Å²) in [7, 11) is -1.88. The second-order valence-electron chi connectivity index (χ2n) is 7.20. The van der Waals surface area contributed by atoms with Gasteiger partial charge in [-0.2, -0.15) is 4.31 Å². The molecule has 1 aromatic carbocycles. The first kappa shape index (κ1) is 20.5. The van der Waals surface area contributed by atoms with Crippen LogP contribution in [0.2, 0.25) is 0 Å². The van der Waals surface area contributed by atoms with Crippen molar-refractivity contribution in [3.63, 3.8) is 0 Å². The van der Waals surface area contributed by atoms with E-state index in [9.17, 15) is 13.2 Å². The van der Waals surface area contributed by atoms with Crippen LogP contribution in [-0.2, 0) is 16.4 Å². The number of rotatable bonds is 7. The molecule has 0 unspecified atom stereocenters. The highest BCUT2D eigenvalue weighted by molar-refractivity contribution is 7.89. The van der Waals surface area contributed by atoms with Crippen LogP contribution in [0.1, 0.15) is 48.0 Å². The number of hydrogen-bond donors (Lipinski definition) is 1. The number of nitrogens with one attached hydrogen (secondary N) is 1. The number of sulfonamides is 1. The molecule has 3 rings (SSSR count). The molecular weight excluding hydrogens is 374 g/mol. The number of hydrogen-bond acceptors (Lipinski definition) is 4. The summed E-state index contributed by atoms with van der Waals surface area (Å²) in [6.07, 6.45) is 9.32. The van der Waals surface area contributed by atoms with Crippen LogP contribution in [0.15, 0.2) is 53.7 Å². The Hall–Kier alpha value is -2.25. The average molecular weight is 402 g/mol. The molecule has 0 bridgehead atoms. The van der Waals surface area contributed by atoms with Crippen LogP contribution in [0, 0.1) is 0 Å². The molecule has 1 heterocycles. The average Bonchev–Trinajstić information content (AvgIpc) is 2.74. The molecule has 1 N–H and O–H groups in total. The lowest BCUT2D eigenvalue weighted by molar-refractivity contribution is 0.0954. The van der Waals surface area contributed by atoms with E-state index < -0.39 is 10.0 Å². The molecule has 150 valence electrons. The lowest BCUT2D eigenvalue weighted by Crippen LogP contribution is -2.38. The molecule has 1 saturated carbocycles. The fourth-order valence-electron chi connectivity index (χ4n) is 3.55. The van der Waals surface area contributed by atoms with Gasteiger partial charge in [0.1, 0.15) is 0 Å². The molecule has 2 aromatic rings. The SMILES string of the molecule is CN(C1CCCCC1)S(=O)(=O)c1ccc(C(=O)NCCc2cccnc2)cc1. The van der Waals surface area contributed by atoms with E-state index in [0.717, 1.165) is 31.2 Å². The van der Waals surface area contributed by atoms with E-state index in [0.29, 0.717) is 18.5 Å². The van der Waals surface area contributed by atoms with Gasteiger partial charge in [-0.05, 0) is 55.2 Å². The predicted octanol–water partition coefficient (Wildman–Crippen LogP) is 3.01. The predicted molar refractivity (Wildman–Crippen MR) is 109 cm³/mol. The van der Waals surface area contributed by atoms with Gasteiger partial charge in [-0.3, -0.25) is 9.78 Å². The van der Waals surface area contributed by atoms with Crippen molar-refractivity contribution in [2.24, 2.45) is 0 Å². The fourth-order valence-corrected chi connectivity index (χ4v) is 4.97. The van der Waals surface area contributed by atoms with Crippen molar-refractivity contribution >= 4 is 15.9 Å². The number of nitrogens with zero attached hydrogens (tertiary/aromatic N) is 2. The lowest BCUT2D eigenvalue weighted by atomic mass is 9.96. The second-order valence-corrected chi connectivity index (χ2v) is 9.20. The van der Waals surface area contributed by atoms with Crippen molar-refractivity contribution in [3.8, 4) is 0 Å². The van der Waals surface area contributed by atoms with Crippen LogP contribution in [0.25, 0.3) is 0 Å². The lowest BCUT2D eigenvalue weighted by Gasteiger charge is -2.30. The molecular formula is C21H27N3O3S. The molecule has 0 radical (unpaired) electrons. The van der Waals surface area contributed by atoms with Gasteiger partial charge in [0.15, 0.2) is 0 Å². The molecule has 6 nitrogen and oxygen atoms in total. The van der Waals surface area contributed by atoms with Crippen molar-refractivity contribution in [2.45, 2.75) is 49.5 Å². The number of pyridine rings is 1. The standard InChI is InChI=1S/C21H27N3O3S/c1-24(19-7-3-2-4-8-19)28(26,27)20-11-9-18(10-12-20)21(25)23-15-13-17-6-5-14-22-16-17/h5-6,9-12,14,16,19H,2-4,7-8,13,15H2,1H3,(H,23,25). The van der Waals surface area contributed by atoms with E-state index in [1.807, 2.05) is 12.1 Å². The van der Waals surface area contributed by atoms with Crippen molar-refractivity contribution in [3.05, 3.63) is 59.9 Å². The highest BCUT2D eigenvalue weighted by Crippen LogP contribution is 2.26. The van der Waals surface area contributed by atoms with Gasteiger partial charge in [-0.1, -0.05) is 25.3 Å². The Morgan fingerprint density at radius 1 is 1.14 bits per heavy atom. The molecule has 7 heteroatoms. The first-order valence-corrected chi connectivity index (χ1v) is 11.2. The van der Waals surface area contributed by atoms with Crippen LogP contribution >= 0.6 is 0 Å². The first-order chi connectivity index (χ1) is 13.5. The zero-order valence-electron chi connectivity index (χ0n) is 16.2. The first-order valence-electron chi connectivity index (χ1n) is 9.73. The minimum atomic E-state index is -3.54. The fraction of sp³-hybridized carbons (Fsp3) is 0.429. The Balaban J connectivity index is 1.59. The maximum absolute atomic E-state index is 12.9. The number of amides is 1. The highest BCUT2D eigenvalue weighted by atomic mass is 32.2. The van der Waals surface area contributed by atoms with Crippen molar-refractivity contribution < 1.29 is 13.2 Å². The summed E-state index contributed by atoms with van der Waals surface area (Å²) in [4.78, 5) is 16.6. The molecule has 0 atom stereocenters. The normalized spacial score (nSPS) is 15.5. The van der Waals surface area contributed by atoms with Crippen LogP contribution < -0.4 is 5.32 Å². The molecule has 0 saturated heterocycles. The van der Waals surface area contributed by atoms with Gasteiger partial charge in [0.2, 0.25) is 10.0 Å². The Kier molecular flexibility index (Phi) is 6.80. The summed E-state index contributed by atoms with van der Waals surface area (Å²) in [5, 5.41) is 2.85. The third-order valence-corrected chi connectivity index (χ3v) is 7.23. The third-order valence-electron chi connectivity index (χ3n) is 5.30. The molecule has 0 spiro atoms. The summed E-state index contributed by atoms with van der Waals surface area (Å²) >= 11 is 0. The summed E-state index contributed by atoms with van der Waals surface area (Å²) in [5.41, 5.74) is 1.50. The molecule has 1 amide bonds. The number of aromatic nitrogens is 1. The van der Waals surface area contributed by atoms with Crippen molar-refractivity contribution in [1.29, 1.82) is 0 Å². The van der Waals surface area contributed by atoms with E-state index in [-0.39, 0.29) is 16.8 Å². The summed E-state index contributed by atoms with van der Waals surface area (Å²) in [6, 6.07) is 10.1. The van der Waals surface area contributed by atoms with Gasteiger partial charge >= 0.3 is 0 Å². The minimum Gasteiger partial charge on any atom is -0.352 e. The molecule has 1 aliphatic rings. The van der Waals surface area contributed by atoms with Gasteiger partial charge in [0, 0.05) is 37.6 Å². The molecule has 1 fully saturated rings. The Bertz CT molecular complexity index is 877. The number of benzene rings is 1. The Morgan fingerprint density at radius 3 is 2.50 bits per heavy atom. The van der Waals surface area contributed by atoms with E-state index in [1.54, 1.807) is 31.6 Å². The van der Waals surface area contributed by atoms with Gasteiger partial charge in [0.25, 0.3) is 5.91 Å². The summed E-state index contributed by atoms with van der Waals surface area (Å²) < 4.78 is 27.2. The second kappa shape index (κ2) is 9.30. The molecule has 0 aliphatic heterocycles. The monoisotopic (exact) mass is 401 g/mol. The minimum absolute atomic E-state index is 0.0641. The molecule has 1 aromatic heterocycles. The van der Waals surface area contributed by atoms with Crippen molar-refractivity contribution in [1.82, 2.24) is 14.6 Å². The maximum Gasteiger partial charge on any atom is 0.251 e. The van der Waals surface area contributed by atoms with E-state index in [2.05, 4.69) is 10.3 Å². The zero-order valence-corrected chi connectivity index (χ0v) is 17.0. The van der Waals surface area contributed by atoms with Crippen LogP contribution in [0.3, 0.4) is 0 Å². The van der Waals surface area contributed by atoms with E-state index >= 15 is 0 Å². The quantitative estimate of drug-likeness (QED) is 0.773. The van der Waals surface area contributed by atoms with Crippen LogP contribution in [-0.4, -0.2) is 43.2 Å². The topological polar surface area (TPSA) is 79.4 Å². The van der Waals surface area contributed by atoms with Crippen LogP contribution in [0.5, 0.6) is 0 Å². The zero-order chi connectivity index (χ0) is 20.0. The Labute approximate surface area is 167 Å². The summed E-state index contributed by atoms with van der Waals surface area (Å²) in [6.45, 7) is 0.495. The van der Waals surface area contributed by atoms with E-state index in [1.165, 1.54) is 22.9 Å². The number of carbonyl (C=O) groups is 1. The molecule has 28 heavy (non-hydrogen) atoms. The van der Waals surface area contributed by atoms with Gasteiger partial charge in [-0.25, -0.2) is 8.42 Å². The van der Waals surface area contributed by atoms with Crippen LogP contribution in [0.4, 0.5) is 0 Å². The Morgan fingerprint density at radius 2 is 1.86 bits per heavy atom. The largest absolute Gasteiger partial charge is 0.352 e. The van der Waals surface area contributed by atoms with Gasteiger partial charge in [-0.15, -0.1) is 0 Å². The highest BCUT2D eigenvalue weighted by Gasteiger charge is 2.29. The summed E-state index contributed by atoms with van der Waals surface area (Å²) in [5.74, 6) is -0.214. The van der Waals surface area contributed by atoms with E-state index in [4.69, 9.17) is 0 Å². The maximum atomic E-state index is 12.9. The van der Waals surface area contributed by atoms with Gasteiger partial charge < -0.3 is 5.32 Å². The van der Waals surface area contributed by atoms with Gasteiger partial charge in [0.05, 0.1) is 4.90 Å². The van der Waals surface area contributed by atoms with Crippen molar-refractivity contribution in [2.75, 3.05) is 13.6 Å². The smallest absolute Gasteiger partial charge is 0.251 e. The third kappa shape index (κ3) is 4.97.